The third-order valence-corrected chi connectivity index (χ3v) is 12.6. The van der Waals surface area contributed by atoms with Gasteiger partial charge in [0, 0.05) is 58.5 Å². The molecule has 3 amide bonds. The highest BCUT2D eigenvalue weighted by Gasteiger charge is 2.43. The molecule has 2 aliphatic heterocycles. The number of carbonyl (C=O) groups excluding carboxylic acids is 3. The largest absolute Gasteiger partial charge is 0.481 e. The molecule has 0 aromatic heterocycles. The number of nitrogens with two attached hydrogens (primary N) is 1. The third kappa shape index (κ3) is 10.5. The van der Waals surface area contributed by atoms with Gasteiger partial charge in [0.05, 0.1) is 12.1 Å². The fourth-order valence-electron chi connectivity index (χ4n) is 8.06. The van der Waals surface area contributed by atoms with Crippen molar-refractivity contribution in [3.8, 4) is 0 Å². The van der Waals surface area contributed by atoms with E-state index in [-0.39, 0.29) is 67.1 Å². The number of hydrogen-bond acceptors (Lipinski definition) is 4. The molecular weight excluding hydrogens is 848 g/mol. The minimum absolute atomic E-state index is 0.00335. The first-order chi connectivity index (χ1) is 26.6. The Hall–Kier alpha value is -4.42. The minimum atomic E-state index is -0.889. The van der Waals surface area contributed by atoms with Gasteiger partial charge in [-0.3, -0.25) is 19.2 Å². The summed E-state index contributed by atoms with van der Waals surface area (Å²) in [6, 6.07) is 28.1. The van der Waals surface area contributed by atoms with Crippen molar-refractivity contribution in [2.24, 2.45) is 5.73 Å². The molecule has 2 saturated heterocycles. The second kappa shape index (κ2) is 18.7. The predicted octanol–water partition coefficient (Wildman–Crippen LogP) is 9.55. The Kier molecular flexibility index (Phi) is 14.3. The zero-order chi connectivity index (χ0) is 40.6. The smallest absolute Gasteiger partial charge is 0.303 e. The maximum absolute atomic E-state index is 13.4. The summed E-state index contributed by atoms with van der Waals surface area (Å²) in [6.07, 6.45) is 2.90. The van der Waals surface area contributed by atoms with Crippen LogP contribution in [0.15, 0.2) is 106 Å². The van der Waals surface area contributed by atoms with Crippen LogP contribution in [0, 0.1) is 11.6 Å². The maximum atomic E-state index is 13.4. The molecule has 0 aliphatic carbocycles. The summed E-state index contributed by atoms with van der Waals surface area (Å²) < 4.78 is 28.8. The molecule has 56 heavy (non-hydrogen) atoms. The molecule has 3 N–H and O–H groups in total. The number of aliphatic carboxylic acids is 1. The van der Waals surface area contributed by atoms with E-state index in [1.54, 1.807) is 24.3 Å². The number of nitrogens with zero attached hydrogens (tertiary/aromatic N) is 2. The number of likely N-dealkylation sites (tertiary alicyclic amines) is 2. The summed E-state index contributed by atoms with van der Waals surface area (Å²) >= 11 is 6.85. The quantitative estimate of drug-likeness (QED) is 0.147. The lowest BCUT2D eigenvalue weighted by atomic mass is 9.69. The standard InChI is InChI=1S/C22H24BrFN2O2.C22H23BrFNO3/c1-15(16-2-6-18(23)7-3-16)26-13-12-22(14-21(26)28,11-10-20(25)27)17-4-8-19(24)9-5-17;1-15(16-2-6-18(23)7-3-16)25-13-12-22(14-20(25)26,11-10-21(27)28)17-4-8-19(24)9-5-17/h2-9,15H,10-14H2,1H3,(H2,25,27);2-9,15H,10-14H2,1H3,(H,27,28)/t2*15-,22-/m00/s1. The number of halogens is 4. The molecule has 12 heteroatoms. The van der Waals surface area contributed by atoms with Gasteiger partial charge in [0.1, 0.15) is 11.6 Å². The van der Waals surface area contributed by atoms with E-state index in [0.717, 1.165) is 31.2 Å². The molecule has 4 aromatic rings. The number of carboxylic acid groups (broad SMARTS) is 1. The molecule has 6 rings (SSSR count). The number of amides is 3. The fraction of sp³-hybridized carbons (Fsp3) is 0.364. The predicted molar refractivity (Wildman–Crippen MR) is 218 cm³/mol. The number of hydrogen-bond donors (Lipinski definition) is 2. The summed E-state index contributed by atoms with van der Waals surface area (Å²) in [7, 11) is 0. The Morgan fingerprint density at radius 3 is 1.34 bits per heavy atom. The Bertz CT molecular complexity index is 1850. The van der Waals surface area contributed by atoms with Crippen molar-refractivity contribution in [3.05, 3.63) is 140 Å². The molecular formula is C44H47Br2F2N3O5. The van der Waals surface area contributed by atoms with Crippen molar-refractivity contribution in [1.29, 1.82) is 0 Å². The summed E-state index contributed by atoms with van der Waals surface area (Å²) in [5.74, 6) is -1.91. The van der Waals surface area contributed by atoms with Crippen LogP contribution >= 0.6 is 31.9 Å². The van der Waals surface area contributed by atoms with Crippen molar-refractivity contribution in [2.45, 2.75) is 88.1 Å². The van der Waals surface area contributed by atoms with E-state index < -0.39 is 16.8 Å². The van der Waals surface area contributed by atoms with Crippen LogP contribution < -0.4 is 5.73 Å². The van der Waals surface area contributed by atoms with Crippen molar-refractivity contribution in [2.75, 3.05) is 13.1 Å². The van der Waals surface area contributed by atoms with Gasteiger partial charge >= 0.3 is 5.97 Å². The SMILES string of the molecule is C[C@@H](c1ccc(Br)cc1)N1CC[C@](CCC(=O)O)(c2ccc(F)cc2)CC1=O.C[C@@H](c1ccc(Br)cc1)N1CC[C@](CCC(N)=O)(c2ccc(F)cc2)CC1=O. The van der Waals surface area contributed by atoms with Gasteiger partial charge in [-0.05, 0) is 110 Å². The summed E-state index contributed by atoms with van der Waals surface area (Å²) in [5.41, 5.74) is 8.16. The first-order valence-electron chi connectivity index (χ1n) is 18.7. The van der Waals surface area contributed by atoms with Gasteiger partial charge in [-0.2, -0.15) is 0 Å². The topological polar surface area (TPSA) is 121 Å². The number of benzene rings is 4. The molecule has 0 radical (unpaired) electrons. The van der Waals surface area contributed by atoms with Gasteiger partial charge in [-0.25, -0.2) is 8.78 Å². The lowest BCUT2D eigenvalue weighted by Gasteiger charge is -2.44. The van der Waals surface area contributed by atoms with Crippen LogP contribution in [-0.4, -0.2) is 51.7 Å². The van der Waals surface area contributed by atoms with E-state index in [1.165, 1.54) is 24.3 Å². The average Bonchev–Trinajstić information content (AvgIpc) is 3.17. The Morgan fingerprint density at radius 1 is 0.661 bits per heavy atom. The Labute approximate surface area is 343 Å². The zero-order valence-electron chi connectivity index (χ0n) is 31.5. The van der Waals surface area contributed by atoms with Crippen LogP contribution in [0.3, 0.4) is 0 Å². The fourth-order valence-corrected chi connectivity index (χ4v) is 8.59. The zero-order valence-corrected chi connectivity index (χ0v) is 34.7. The van der Waals surface area contributed by atoms with E-state index in [1.807, 2.05) is 72.2 Å². The Balaban J connectivity index is 0.000000214. The monoisotopic (exact) mass is 893 g/mol. The number of rotatable bonds is 12. The molecule has 0 spiro atoms. The number of carboxylic acids is 1. The molecule has 0 bridgehead atoms. The first-order valence-corrected chi connectivity index (χ1v) is 20.3. The molecule has 2 fully saturated rings. The Morgan fingerprint density at radius 2 is 1.02 bits per heavy atom. The van der Waals surface area contributed by atoms with Gasteiger partial charge in [-0.15, -0.1) is 0 Å². The molecule has 4 atom stereocenters. The van der Waals surface area contributed by atoms with Gasteiger partial charge in [0.15, 0.2) is 0 Å². The molecule has 296 valence electrons. The normalized spacial score (nSPS) is 20.8. The highest BCUT2D eigenvalue weighted by Crippen LogP contribution is 2.44. The van der Waals surface area contributed by atoms with E-state index in [9.17, 15) is 28.0 Å². The second-order valence-corrected chi connectivity index (χ2v) is 16.7. The second-order valence-electron chi connectivity index (χ2n) is 14.9. The van der Waals surface area contributed by atoms with E-state index in [4.69, 9.17) is 10.8 Å². The summed E-state index contributed by atoms with van der Waals surface area (Å²) in [4.78, 5) is 52.5. The molecule has 4 aromatic carbocycles. The van der Waals surface area contributed by atoms with Crippen LogP contribution in [0.4, 0.5) is 8.78 Å². The lowest BCUT2D eigenvalue weighted by Crippen LogP contribution is -2.47. The van der Waals surface area contributed by atoms with Crippen molar-refractivity contribution >= 4 is 55.6 Å². The summed E-state index contributed by atoms with van der Waals surface area (Å²) in [5, 5.41) is 9.17. The molecule has 8 nitrogen and oxygen atoms in total. The molecule has 2 heterocycles. The van der Waals surface area contributed by atoms with Crippen LogP contribution in [0.5, 0.6) is 0 Å². The van der Waals surface area contributed by atoms with Crippen molar-refractivity contribution in [1.82, 2.24) is 9.80 Å². The minimum Gasteiger partial charge on any atom is -0.481 e. The molecule has 0 unspecified atom stereocenters. The van der Waals surface area contributed by atoms with Gasteiger partial charge < -0.3 is 20.6 Å². The van der Waals surface area contributed by atoms with Crippen LogP contribution in [0.2, 0.25) is 0 Å². The van der Waals surface area contributed by atoms with Gasteiger partial charge in [0.2, 0.25) is 17.7 Å². The van der Waals surface area contributed by atoms with E-state index >= 15 is 0 Å². The molecule has 2 aliphatic rings. The average molecular weight is 896 g/mol. The van der Waals surface area contributed by atoms with E-state index in [2.05, 4.69) is 31.9 Å². The van der Waals surface area contributed by atoms with Crippen molar-refractivity contribution < 1.29 is 33.1 Å². The highest BCUT2D eigenvalue weighted by atomic mass is 79.9. The van der Waals surface area contributed by atoms with E-state index in [0.29, 0.717) is 38.8 Å². The molecule has 0 saturated carbocycles. The lowest BCUT2D eigenvalue weighted by molar-refractivity contribution is -0.141. The van der Waals surface area contributed by atoms with Gasteiger partial charge in [-0.1, -0.05) is 80.4 Å². The highest BCUT2D eigenvalue weighted by molar-refractivity contribution is 9.10. The van der Waals surface area contributed by atoms with Crippen LogP contribution in [0.1, 0.15) is 99.6 Å². The number of piperidine rings is 2. The number of carbonyl (C=O) groups is 4. The van der Waals surface area contributed by atoms with Crippen LogP contribution in [-0.2, 0) is 30.0 Å². The van der Waals surface area contributed by atoms with Crippen molar-refractivity contribution in [3.63, 3.8) is 0 Å². The number of primary amides is 1. The summed E-state index contributed by atoms with van der Waals surface area (Å²) in [6.45, 7) is 5.14. The third-order valence-electron chi connectivity index (χ3n) is 11.5. The first kappa shape index (κ1) is 42.7. The van der Waals surface area contributed by atoms with Gasteiger partial charge in [0.25, 0.3) is 0 Å². The maximum Gasteiger partial charge on any atom is 0.303 e. The van der Waals surface area contributed by atoms with Crippen LogP contribution in [0.25, 0.3) is 0 Å².